The summed E-state index contributed by atoms with van der Waals surface area (Å²) in [4.78, 5) is 0. The molecule has 0 heterocycles. The van der Waals surface area contributed by atoms with Crippen molar-refractivity contribution >= 4 is 0 Å². The molecule has 0 radical (unpaired) electrons. The molecule has 0 aromatic heterocycles. The molecule has 0 aliphatic heterocycles. The third-order valence-corrected chi connectivity index (χ3v) is 2.91. The minimum Gasteiger partial charge on any atom is -0.405 e. The van der Waals surface area contributed by atoms with Crippen LogP contribution in [0.25, 0.3) is 0 Å². The maximum atomic E-state index is 12.4. The fraction of sp³-hybridized carbons (Fsp3) is 0.538. The van der Waals surface area contributed by atoms with Gasteiger partial charge in [-0.1, -0.05) is 31.5 Å². The number of ether oxygens (including phenoxy) is 2. The van der Waals surface area contributed by atoms with Gasteiger partial charge in [0.25, 0.3) is 0 Å². The van der Waals surface area contributed by atoms with Crippen molar-refractivity contribution < 1.29 is 22.6 Å². The molecular formula is C13H19F3N2O2. The molecule has 0 aliphatic rings. The predicted octanol–water partition coefficient (Wildman–Crippen LogP) is 2.90. The maximum absolute atomic E-state index is 12.4. The Morgan fingerprint density at radius 3 is 2.45 bits per heavy atom. The highest BCUT2D eigenvalue weighted by molar-refractivity contribution is 5.36. The summed E-state index contributed by atoms with van der Waals surface area (Å²) in [6.07, 6.45) is -3.62. The van der Waals surface area contributed by atoms with Crippen LogP contribution < -0.4 is 16.0 Å². The monoisotopic (exact) mass is 292 g/mol. The highest BCUT2D eigenvalue weighted by Gasteiger charge is 2.34. The Hall–Kier alpha value is -1.31. The van der Waals surface area contributed by atoms with E-state index in [1.807, 2.05) is 6.92 Å². The van der Waals surface area contributed by atoms with E-state index in [1.54, 1.807) is 6.07 Å². The molecule has 1 aromatic carbocycles. The van der Waals surface area contributed by atoms with Gasteiger partial charge in [0.1, 0.15) is 5.75 Å². The average molecular weight is 292 g/mol. The largest absolute Gasteiger partial charge is 0.573 e. The predicted molar refractivity (Wildman–Crippen MR) is 68.9 cm³/mol. The Bertz CT molecular complexity index is 413. The molecule has 1 rings (SSSR count). The van der Waals surface area contributed by atoms with Gasteiger partial charge in [0, 0.05) is 12.7 Å². The van der Waals surface area contributed by atoms with Gasteiger partial charge in [-0.25, -0.2) is 0 Å². The van der Waals surface area contributed by atoms with Gasteiger partial charge in [-0.15, -0.1) is 13.2 Å². The standard InChI is InChI=1S/C13H19F3N2O2/c1-3-6-11(19-2)12(18-17)9-7-4-5-8-10(9)20-13(14,15)16/h4-5,7-8,11-12,18H,3,6,17H2,1-2H3. The first-order chi connectivity index (χ1) is 9.42. The van der Waals surface area contributed by atoms with Crippen molar-refractivity contribution in [1.82, 2.24) is 5.43 Å². The van der Waals surface area contributed by atoms with Gasteiger partial charge in [0.2, 0.25) is 0 Å². The van der Waals surface area contributed by atoms with E-state index >= 15 is 0 Å². The number of alkyl halides is 3. The van der Waals surface area contributed by atoms with Crippen molar-refractivity contribution in [3.63, 3.8) is 0 Å². The number of hydrogen-bond donors (Lipinski definition) is 2. The van der Waals surface area contributed by atoms with Crippen LogP contribution in [0, 0.1) is 0 Å². The Kier molecular flexibility index (Phi) is 6.25. The first kappa shape index (κ1) is 16.7. The molecule has 0 aliphatic carbocycles. The second-order valence-corrected chi connectivity index (χ2v) is 4.29. The summed E-state index contributed by atoms with van der Waals surface area (Å²) in [6.45, 7) is 1.96. The number of para-hydroxylation sites is 1. The van der Waals surface area contributed by atoms with Crippen molar-refractivity contribution in [2.24, 2.45) is 5.84 Å². The lowest BCUT2D eigenvalue weighted by Gasteiger charge is -2.27. The highest BCUT2D eigenvalue weighted by Crippen LogP contribution is 2.33. The molecule has 114 valence electrons. The van der Waals surface area contributed by atoms with Crippen LogP contribution in [0.4, 0.5) is 13.2 Å². The summed E-state index contributed by atoms with van der Waals surface area (Å²) in [5.41, 5.74) is 2.82. The number of methoxy groups -OCH3 is 1. The zero-order chi connectivity index (χ0) is 15.2. The summed E-state index contributed by atoms with van der Waals surface area (Å²) >= 11 is 0. The molecule has 2 unspecified atom stereocenters. The van der Waals surface area contributed by atoms with Crippen LogP contribution in [0.15, 0.2) is 24.3 Å². The molecule has 0 saturated carbocycles. The lowest BCUT2D eigenvalue weighted by Crippen LogP contribution is -2.38. The van der Waals surface area contributed by atoms with Gasteiger partial charge in [-0.2, -0.15) is 0 Å². The van der Waals surface area contributed by atoms with E-state index in [4.69, 9.17) is 10.6 Å². The van der Waals surface area contributed by atoms with E-state index < -0.39 is 12.4 Å². The van der Waals surface area contributed by atoms with Crippen LogP contribution >= 0.6 is 0 Å². The number of nitrogens with two attached hydrogens (primary N) is 1. The molecule has 0 spiro atoms. The van der Waals surface area contributed by atoms with Gasteiger partial charge < -0.3 is 9.47 Å². The fourth-order valence-corrected chi connectivity index (χ4v) is 2.06. The van der Waals surface area contributed by atoms with Gasteiger partial charge in [-0.3, -0.25) is 11.3 Å². The van der Waals surface area contributed by atoms with Crippen molar-refractivity contribution in [3.8, 4) is 5.75 Å². The van der Waals surface area contributed by atoms with Gasteiger partial charge in [-0.05, 0) is 12.5 Å². The molecule has 4 nitrogen and oxygen atoms in total. The zero-order valence-corrected chi connectivity index (χ0v) is 11.4. The van der Waals surface area contributed by atoms with Crippen molar-refractivity contribution in [2.75, 3.05) is 7.11 Å². The molecular weight excluding hydrogens is 273 g/mol. The minimum absolute atomic E-state index is 0.277. The topological polar surface area (TPSA) is 56.5 Å². The van der Waals surface area contributed by atoms with E-state index in [2.05, 4.69) is 10.2 Å². The van der Waals surface area contributed by atoms with Crippen molar-refractivity contribution in [2.45, 2.75) is 38.3 Å². The summed E-state index contributed by atoms with van der Waals surface area (Å²) in [5.74, 6) is 5.20. The van der Waals surface area contributed by atoms with Crippen LogP contribution in [-0.2, 0) is 4.74 Å². The van der Waals surface area contributed by atoms with Crippen LogP contribution in [0.1, 0.15) is 31.4 Å². The van der Waals surface area contributed by atoms with Crippen LogP contribution in [-0.4, -0.2) is 19.6 Å². The normalized spacial score (nSPS) is 14.9. The lowest BCUT2D eigenvalue weighted by atomic mass is 9.98. The first-order valence-corrected chi connectivity index (χ1v) is 6.26. The zero-order valence-electron chi connectivity index (χ0n) is 11.4. The molecule has 0 fully saturated rings. The third kappa shape index (κ3) is 4.66. The third-order valence-electron chi connectivity index (χ3n) is 2.91. The Morgan fingerprint density at radius 2 is 1.95 bits per heavy atom. The van der Waals surface area contributed by atoms with Crippen LogP contribution in [0.5, 0.6) is 5.75 Å². The van der Waals surface area contributed by atoms with Crippen molar-refractivity contribution in [3.05, 3.63) is 29.8 Å². The second kappa shape index (κ2) is 7.47. The molecule has 20 heavy (non-hydrogen) atoms. The smallest absolute Gasteiger partial charge is 0.405 e. The van der Waals surface area contributed by atoms with E-state index in [0.29, 0.717) is 12.0 Å². The molecule has 0 bridgehead atoms. The van der Waals surface area contributed by atoms with E-state index in [0.717, 1.165) is 6.42 Å². The summed E-state index contributed by atoms with van der Waals surface area (Å²) in [5, 5.41) is 0. The number of rotatable bonds is 7. The average Bonchev–Trinajstić information content (AvgIpc) is 2.38. The summed E-state index contributed by atoms with van der Waals surface area (Å²) < 4.78 is 46.6. The van der Waals surface area contributed by atoms with Gasteiger partial charge in [0.15, 0.2) is 0 Å². The lowest BCUT2D eigenvalue weighted by molar-refractivity contribution is -0.275. The van der Waals surface area contributed by atoms with Gasteiger partial charge in [0.05, 0.1) is 12.1 Å². The fourth-order valence-electron chi connectivity index (χ4n) is 2.06. The van der Waals surface area contributed by atoms with E-state index in [1.165, 1.54) is 25.3 Å². The molecule has 3 N–H and O–H groups in total. The number of benzene rings is 1. The number of nitrogens with one attached hydrogen (secondary N) is 1. The van der Waals surface area contributed by atoms with E-state index in [-0.39, 0.29) is 11.9 Å². The SMILES string of the molecule is CCCC(OC)C(NN)c1ccccc1OC(F)(F)F. The van der Waals surface area contributed by atoms with Crippen LogP contribution in [0.3, 0.4) is 0 Å². The first-order valence-electron chi connectivity index (χ1n) is 6.26. The minimum atomic E-state index is -4.75. The Balaban J connectivity index is 3.08. The summed E-state index contributed by atoms with van der Waals surface area (Å²) in [7, 11) is 1.50. The van der Waals surface area contributed by atoms with Crippen LogP contribution in [0.2, 0.25) is 0 Å². The Labute approximate surface area is 116 Å². The Morgan fingerprint density at radius 1 is 1.30 bits per heavy atom. The van der Waals surface area contributed by atoms with Gasteiger partial charge >= 0.3 is 6.36 Å². The molecule has 0 saturated heterocycles. The maximum Gasteiger partial charge on any atom is 0.573 e. The number of halogens is 3. The number of hydrazine groups is 1. The molecule has 7 heteroatoms. The highest BCUT2D eigenvalue weighted by atomic mass is 19.4. The quantitative estimate of drug-likeness (QED) is 0.599. The molecule has 1 aromatic rings. The second-order valence-electron chi connectivity index (χ2n) is 4.29. The number of hydrogen-bond acceptors (Lipinski definition) is 4. The van der Waals surface area contributed by atoms with Crippen molar-refractivity contribution in [1.29, 1.82) is 0 Å². The van der Waals surface area contributed by atoms with E-state index in [9.17, 15) is 13.2 Å². The molecule has 2 atom stereocenters. The summed E-state index contributed by atoms with van der Waals surface area (Å²) in [6, 6.07) is 5.30. The molecule has 0 amide bonds.